The summed E-state index contributed by atoms with van der Waals surface area (Å²) in [5, 5.41) is 12.1. The number of thioether (sulfide) groups is 1. The number of nitrogens with one attached hydrogen (secondary N) is 1. The normalized spacial score (nSPS) is 10.4. The molecule has 0 fully saturated rings. The number of methoxy groups -OCH3 is 1. The number of carbonyl (C=O) groups is 1. The molecule has 0 aliphatic rings. The van der Waals surface area contributed by atoms with E-state index in [-0.39, 0.29) is 5.97 Å². The Kier molecular flexibility index (Phi) is 7.84. The van der Waals surface area contributed by atoms with E-state index < -0.39 is 0 Å². The molecule has 1 N–H and O–H groups in total. The first-order valence-electron chi connectivity index (χ1n) is 7.74. The second-order valence-corrected chi connectivity index (χ2v) is 7.22. The fraction of sp³-hybridized carbons (Fsp3) is 0.438. The van der Waals surface area contributed by atoms with Crippen molar-refractivity contribution in [2.75, 3.05) is 24.8 Å². The number of rotatable bonds is 10. The molecular weight excluding hydrogens is 346 g/mol. The maximum atomic E-state index is 11.5. The second-order valence-electron chi connectivity index (χ2n) is 4.90. The number of ether oxygens (including phenoxy) is 2. The molecule has 130 valence electrons. The smallest absolute Gasteiger partial charge is 0.306 e. The molecule has 0 saturated carbocycles. The van der Waals surface area contributed by atoms with Gasteiger partial charge in [0, 0.05) is 11.4 Å². The van der Waals surface area contributed by atoms with Gasteiger partial charge in [-0.3, -0.25) is 4.79 Å². The molecular formula is C16H21N3O3S2. The van der Waals surface area contributed by atoms with Gasteiger partial charge in [-0.1, -0.05) is 36.4 Å². The zero-order chi connectivity index (χ0) is 17.2. The van der Waals surface area contributed by atoms with Crippen LogP contribution in [0.4, 0.5) is 10.8 Å². The monoisotopic (exact) mass is 367 g/mol. The first-order valence-corrected chi connectivity index (χ1v) is 9.54. The largest absolute Gasteiger partial charge is 0.497 e. The molecule has 0 aliphatic carbocycles. The van der Waals surface area contributed by atoms with E-state index in [0.717, 1.165) is 28.6 Å². The molecule has 2 aromatic rings. The molecule has 0 unspecified atom stereocenters. The minimum Gasteiger partial charge on any atom is -0.497 e. The summed E-state index contributed by atoms with van der Waals surface area (Å²) < 4.78 is 11.1. The van der Waals surface area contributed by atoms with Crippen LogP contribution in [0.15, 0.2) is 28.6 Å². The Morgan fingerprint density at radius 2 is 2.08 bits per heavy atom. The quantitative estimate of drug-likeness (QED) is 0.385. The molecule has 0 amide bonds. The Bertz CT molecular complexity index is 632. The lowest BCUT2D eigenvalue weighted by Gasteiger charge is -2.03. The highest BCUT2D eigenvalue weighted by molar-refractivity contribution is 8.01. The van der Waals surface area contributed by atoms with Gasteiger partial charge in [0.15, 0.2) is 4.34 Å². The van der Waals surface area contributed by atoms with Crippen LogP contribution in [-0.2, 0) is 9.53 Å². The van der Waals surface area contributed by atoms with Crippen molar-refractivity contribution in [1.29, 1.82) is 0 Å². The lowest BCUT2D eigenvalue weighted by Crippen LogP contribution is -2.06. The third kappa shape index (κ3) is 6.37. The summed E-state index contributed by atoms with van der Waals surface area (Å²) in [4.78, 5) is 11.5. The SMILES string of the molecule is CCCCOC(=O)CCSc1nnc(Nc2ccc(OC)cc2)s1. The van der Waals surface area contributed by atoms with Crippen LogP contribution in [0, 0.1) is 0 Å². The van der Waals surface area contributed by atoms with E-state index in [9.17, 15) is 4.79 Å². The van der Waals surface area contributed by atoms with Crippen LogP contribution in [0.5, 0.6) is 5.75 Å². The van der Waals surface area contributed by atoms with Crippen molar-refractivity contribution in [2.24, 2.45) is 0 Å². The predicted octanol–water partition coefficient (Wildman–Crippen LogP) is 4.12. The summed E-state index contributed by atoms with van der Waals surface area (Å²) in [6.45, 7) is 2.57. The van der Waals surface area contributed by atoms with Gasteiger partial charge >= 0.3 is 5.97 Å². The van der Waals surface area contributed by atoms with Crippen molar-refractivity contribution in [3.05, 3.63) is 24.3 Å². The lowest BCUT2D eigenvalue weighted by molar-refractivity contribution is -0.143. The number of aromatic nitrogens is 2. The minimum absolute atomic E-state index is 0.156. The Hall–Kier alpha value is -1.80. The molecule has 0 aliphatic heterocycles. The van der Waals surface area contributed by atoms with Crippen molar-refractivity contribution in [1.82, 2.24) is 10.2 Å². The molecule has 1 aromatic carbocycles. The van der Waals surface area contributed by atoms with Crippen molar-refractivity contribution >= 4 is 39.9 Å². The minimum atomic E-state index is -0.156. The highest BCUT2D eigenvalue weighted by atomic mass is 32.2. The Morgan fingerprint density at radius 1 is 1.29 bits per heavy atom. The van der Waals surface area contributed by atoms with E-state index in [1.165, 1.54) is 23.1 Å². The number of anilines is 2. The van der Waals surface area contributed by atoms with Gasteiger partial charge in [0.2, 0.25) is 5.13 Å². The van der Waals surface area contributed by atoms with Crippen molar-refractivity contribution in [3.63, 3.8) is 0 Å². The number of nitrogens with zero attached hydrogens (tertiary/aromatic N) is 2. The van der Waals surface area contributed by atoms with Gasteiger partial charge in [-0.05, 0) is 30.7 Å². The molecule has 0 radical (unpaired) electrons. The fourth-order valence-corrected chi connectivity index (χ4v) is 3.50. The van der Waals surface area contributed by atoms with Crippen LogP contribution in [-0.4, -0.2) is 35.6 Å². The lowest BCUT2D eigenvalue weighted by atomic mass is 10.3. The molecule has 8 heteroatoms. The van der Waals surface area contributed by atoms with Gasteiger partial charge in [0.25, 0.3) is 0 Å². The van der Waals surface area contributed by atoms with Crippen molar-refractivity contribution < 1.29 is 14.3 Å². The van der Waals surface area contributed by atoms with Gasteiger partial charge in [0.1, 0.15) is 5.75 Å². The molecule has 6 nitrogen and oxygen atoms in total. The first-order chi connectivity index (χ1) is 11.7. The van der Waals surface area contributed by atoms with Crippen LogP contribution in [0.25, 0.3) is 0 Å². The Morgan fingerprint density at radius 3 is 2.79 bits per heavy atom. The average Bonchev–Trinajstić information content (AvgIpc) is 3.03. The maximum absolute atomic E-state index is 11.5. The molecule has 0 spiro atoms. The summed E-state index contributed by atoms with van der Waals surface area (Å²) in [7, 11) is 1.64. The highest BCUT2D eigenvalue weighted by Gasteiger charge is 2.08. The Balaban J connectivity index is 1.73. The number of hydrogen-bond donors (Lipinski definition) is 1. The molecule has 1 heterocycles. The topological polar surface area (TPSA) is 73.3 Å². The summed E-state index contributed by atoms with van der Waals surface area (Å²) in [6.07, 6.45) is 2.32. The van der Waals surface area contributed by atoms with Gasteiger partial charge in [-0.25, -0.2) is 0 Å². The summed E-state index contributed by atoms with van der Waals surface area (Å²) in [5.74, 6) is 1.29. The van der Waals surface area contributed by atoms with E-state index in [2.05, 4.69) is 22.4 Å². The zero-order valence-electron chi connectivity index (χ0n) is 13.8. The maximum Gasteiger partial charge on any atom is 0.306 e. The summed E-state index contributed by atoms with van der Waals surface area (Å²) >= 11 is 2.97. The van der Waals surface area contributed by atoms with E-state index in [0.29, 0.717) is 23.9 Å². The van der Waals surface area contributed by atoms with Crippen LogP contribution in [0.3, 0.4) is 0 Å². The summed E-state index contributed by atoms with van der Waals surface area (Å²) in [6, 6.07) is 7.59. The first kappa shape index (κ1) is 18.5. The highest BCUT2D eigenvalue weighted by Crippen LogP contribution is 2.28. The molecule has 24 heavy (non-hydrogen) atoms. The molecule has 2 rings (SSSR count). The standard InChI is InChI=1S/C16H21N3O3S2/c1-3-4-10-22-14(20)9-11-23-16-19-18-15(24-16)17-12-5-7-13(21-2)8-6-12/h5-8H,3-4,9-11H2,1-2H3,(H,17,18). The van der Waals surface area contributed by atoms with Crippen molar-refractivity contribution in [2.45, 2.75) is 30.5 Å². The van der Waals surface area contributed by atoms with Crippen molar-refractivity contribution in [3.8, 4) is 5.75 Å². The third-order valence-corrected chi connectivity index (χ3v) is 5.01. The molecule has 0 bridgehead atoms. The van der Waals surface area contributed by atoms with E-state index in [4.69, 9.17) is 9.47 Å². The van der Waals surface area contributed by atoms with Gasteiger partial charge < -0.3 is 14.8 Å². The molecule has 0 atom stereocenters. The number of hydrogen-bond acceptors (Lipinski definition) is 8. The van der Waals surface area contributed by atoms with Gasteiger partial charge in [-0.2, -0.15) is 0 Å². The van der Waals surface area contributed by atoms with Gasteiger partial charge in [-0.15, -0.1) is 10.2 Å². The van der Waals surface area contributed by atoms with Crippen LogP contribution in [0.2, 0.25) is 0 Å². The zero-order valence-corrected chi connectivity index (χ0v) is 15.4. The van der Waals surface area contributed by atoms with Crippen LogP contribution >= 0.6 is 23.1 Å². The summed E-state index contributed by atoms with van der Waals surface area (Å²) in [5.41, 5.74) is 0.919. The van der Waals surface area contributed by atoms with Crippen LogP contribution < -0.4 is 10.1 Å². The number of carbonyl (C=O) groups excluding carboxylic acids is 1. The van der Waals surface area contributed by atoms with Crippen LogP contribution in [0.1, 0.15) is 26.2 Å². The van der Waals surface area contributed by atoms with Gasteiger partial charge in [0.05, 0.1) is 20.1 Å². The van der Waals surface area contributed by atoms with E-state index in [1.54, 1.807) is 7.11 Å². The Labute approximate surface area is 150 Å². The molecule has 1 aromatic heterocycles. The number of esters is 1. The average molecular weight is 367 g/mol. The predicted molar refractivity (Wildman–Crippen MR) is 97.4 cm³/mol. The van der Waals surface area contributed by atoms with E-state index in [1.807, 2.05) is 24.3 Å². The molecule has 0 saturated heterocycles. The fourth-order valence-electron chi connectivity index (χ4n) is 1.74. The van der Waals surface area contributed by atoms with E-state index >= 15 is 0 Å². The number of unbranched alkanes of at least 4 members (excludes halogenated alkanes) is 1. The number of benzene rings is 1. The second kappa shape index (κ2) is 10.1. The third-order valence-electron chi connectivity index (χ3n) is 3.04.